The van der Waals surface area contributed by atoms with Crippen LogP contribution in [-0.4, -0.2) is 74.5 Å². The number of ether oxygens (including phenoxy) is 7. The van der Waals surface area contributed by atoms with E-state index in [1.165, 1.54) is 57.8 Å². The fraction of sp³-hybridized carbons (Fsp3) is 0.545. The second-order valence-electron chi connectivity index (χ2n) is 17.5. The highest BCUT2D eigenvalue weighted by Gasteiger charge is 2.49. The van der Waals surface area contributed by atoms with Crippen LogP contribution in [0.4, 0.5) is 0 Å². The Hall–Kier alpha value is -2.97. The summed E-state index contributed by atoms with van der Waals surface area (Å²) in [6, 6.07) is 39.5. The Kier molecular flexibility index (Phi) is 28.4. The van der Waals surface area contributed by atoms with Crippen LogP contribution in [0, 0.1) is 0 Å². The smallest absolute Gasteiger partial charge is 0.424 e. The molecule has 69 heavy (non-hydrogen) atoms. The number of hydrogen-bond acceptors (Lipinski definition) is 11. The van der Waals surface area contributed by atoms with Crippen LogP contribution in [0.1, 0.15) is 119 Å². The second kappa shape index (κ2) is 34.4. The highest BCUT2D eigenvalue weighted by Crippen LogP contribution is 2.53. The Morgan fingerprint density at radius 2 is 1.03 bits per heavy atom. The van der Waals surface area contributed by atoms with Crippen molar-refractivity contribution < 1.29 is 51.6 Å². The van der Waals surface area contributed by atoms with Gasteiger partial charge in [-0.15, -0.1) is 0 Å². The molecular formula is C55H75BrClO11P. The molecule has 1 fully saturated rings. The highest BCUT2D eigenvalue weighted by molar-refractivity contribution is 9.09. The van der Waals surface area contributed by atoms with Crippen molar-refractivity contribution in [2.45, 2.75) is 160 Å². The maximum Gasteiger partial charge on any atom is 0.424 e. The topological polar surface area (TPSA) is 117 Å². The quantitative estimate of drug-likeness (QED) is 0.0186. The summed E-state index contributed by atoms with van der Waals surface area (Å²) in [7, 11) is 0. The zero-order valence-electron chi connectivity index (χ0n) is 40.5. The van der Waals surface area contributed by atoms with Crippen LogP contribution in [0.2, 0.25) is 0 Å². The highest BCUT2D eigenvalue weighted by atomic mass is 79.9. The van der Waals surface area contributed by atoms with Crippen molar-refractivity contribution in [3.8, 4) is 0 Å². The van der Waals surface area contributed by atoms with Gasteiger partial charge in [0.05, 0.1) is 52.9 Å². The summed E-state index contributed by atoms with van der Waals surface area (Å²) in [5, 5.41) is 0.400. The molecule has 0 bridgehead atoms. The molecule has 1 heterocycles. The molecule has 4 aromatic carbocycles. The molecule has 0 N–H and O–H groups in total. The van der Waals surface area contributed by atoms with Gasteiger partial charge in [-0.25, -0.2) is 4.57 Å². The van der Waals surface area contributed by atoms with E-state index in [4.69, 9.17) is 53.4 Å². The number of benzene rings is 4. The predicted octanol–water partition coefficient (Wildman–Crippen LogP) is 13.9. The monoisotopic (exact) mass is 1060 g/mol. The Balaban J connectivity index is 1.32. The summed E-state index contributed by atoms with van der Waals surface area (Å²) in [5.74, 6) is -0.423. The molecule has 0 aromatic heterocycles. The zero-order chi connectivity index (χ0) is 48.6. The van der Waals surface area contributed by atoms with Gasteiger partial charge in [0.15, 0.2) is 6.29 Å². The SMILES string of the molecule is CCCCCCCCCCCCCCCC(=O)O[C@H](CO[C@@H]1O[C@H](COCc2ccccc2)[C@@H](OCc2ccccc2)[C@H](OCc2ccccc2)[C@H]1OCc1ccccc1)COP(=O)(Cl)OCCBr. The van der Waals surface area contributed by atoms with Gasteiger partial charge in [-0.2, -0.15) is 0 Å². The lowest BCUT2D eigenvalue weighted by Crippen LogP contribution is -2.62. The van der Waals surface area contributed by atoms with Crippen molar-refractivity contribution >= 4 is 40.1 Å². The predicted molar refractivity (Wildman–Crippen MR) is 275 cm³/mol. The molecule has 0 radical (unpaired) electrons. The molecule has 1 saturated heterocycles. The van der Waals surface area contributed by atoms with Gasteiger partial charge in [0.1, 0.15) is 30.5 Å². The first-order valence-electron chi connectivity index (χ1n) is 25.0. The third kappa shape index (κ3) is 23.4. The number of carbonyl (C=O) groups excluding carboxylic acids is 1. The van der Waals surface area contributed by atoms with E-state index >= 15 is 0 Å². The summed E-state index contributed by atoms with van der Waals surface area (Å²) in [6.45, 7) is -1.08. The maximum atomic E-state index is 13.4. The molecule has 14 heteroatoms. The van der Waals surface area contributed by atoms with Crippen LogP contribution in [-0.2, 0) is 78.0 Å². The molecule has 11 nitrogen and oxygen atoms in total. The number of halogens is 2. The molecule has 0 saturated carbocycles. The summed E-state index contributed by atoms with van der Waals surface area (Å²) in [5.41, 5.74) is 3.87. The van der Waals surface area contributed by atoms with Crippen LogP contribution in [0.5, 0.6) is 0 Å². The first-order chi connectivity index (χ1) is 33.8. The lowest BCUT2D eigenvalue weighted by Gasteiger charge is -2.46. The van der Waals surface area contributed by atoms with Crippen molar-refractivity contribution in [1.29, 1.82) is 0 Å². The van der Waals surface area contributed by atoms with Gasteiger partial charge in [0, 0.05) is 23.0 Å². The fourth-order valence-electron chi connectivity index (χ4n) is 8.08. The molecular weight excluding hydrogens is 983 g/mol. The van der Waals surface area contributed by atoms with Gasteiger partial charge in [-0.05, 0) is 28.7 Å². The summed E-state index contributed by atoms with van der Waals surface area (Å²) >= 11 is 9.45. The molecule has 380 valence electrons. The average Bonchev–Trinajstić information content (AvgIpc) is 3.37. The Bertz CT molecular complexity index is 1950. The molecule has 0 spiro atoms. The normalized spacial score (nSPS) is 19.5. The van der Waals surface area contributed by atoms with Gasteiger partial charge in [0.25, 0.3) is 0 Å². The molecule has 1 aliphatic rings. The van der Waals surface area contributed by atoms with Crippen molar-refractivity contribution in [3.05, 3.63) is 144 Å². The Morgan fingerprint density at radius 3 is 1.52 bits per heavy atom. The number of hydrogen-bond donors (Lipinski definition) is 0. The molecule has 1 aliphatic heterocycles. The van der Waals surface area contributed by atoms with Crippen molar-refractivity contribution in [2.75, 3.05) is 31.8 Å². The van der Waals surface area contributed by atoms with Crippen LogP contribution < -0.4 is 0 Å². The van der Waals surface area contributed by atoms with Crippen molar-refractivity contribution in [1.82, 2.24) is 0 Å². The second-order valence-corrected chi connectivity index (χ2v) is 20.9. The van der Waals surface area contributed by atoms with Gasteiger partial charge in [0.2, 0.25) is 0 Å². The third-order valence-electron chi connectivity index (χ3n) is 11.8. The molecule has 0 amide bonds. The average molecular weight is 1060 g/mol. The summed E-state index contributed by atoms with van der Waals surface area (Å²) in [6.07, 6.45) is 10.7. The molecule has 7 atom stereocenters. The minimum atomic E-state index is -4.02. The Labute approximate surface area is 425 Å². The Morgan fingerprint density at radius 1 is 0.580 bits per heavy atom. The molecule has 4 aromatic rings. The minimum absolute atomic E-state index is 0.0583. The van der Waals surface area contributed by atoms with E-state index in [9.17, 15) is 9.36 Å². The number of alkyl halides is 1. The van der Waals surface area contributed by atoms with Crippen molar-refractivity contribution in [3.63, 3.8) is 0 Å². The van der Waals surface area contributed by atoms with Gasteiger partial charge < -0.3 is 33.2 Å². The van der Waals surface area contributed by atoms with Crippen LogP contribution in [0.15, 0.2) is 121 Å². The van der Waals surface area contributed by atoms with E-state index in [1.807, 2.05) is 121 Å². The van der Waals surface area contributed by atoms with Crippen LogP contribution in [0.25, 0.3) is 0 Å². The van der Waals surface area contributed by atoms with Crippen LogP contribution in [0.3, 0.4) is 0 Å². The van der Waals surface area contributed by atoms with Crippen molar-refractivity contribution in [2.24, 2.45) is 0 Å². The minimum Gasteiger partial charge on any atom is -0.457 e. The number of esters is 1. The number of carbonyl (C=O) groups is 1. The van der Waals surface area contributed by atoms with Gasteiger partial charge in [-0.1, -0.05) is 221 Å². The van der Waals surface area contributed by atoms with E-state index in [2.05, 4.69) is 22.9 Å². The van der Waals surface area contributed by atoms with E-state index in [1.54, 1.807) is 0 Å². The fourth-order valence-corrected chi connectivity index (χ4v) is 9.60. The molecule has 0 aliphatic carbocycles. The first-order valence-corrected chi connectivity index (χ1v) is 28.6. The van der Waals surface area contributed by atoms with Gasteiger partial charge in [-0.3, -0.25) is 13.8 Å². The van der Waals surface area contributed by atoms with Crippen LogP contribution >= 0.6 is 34.1 Å². The van der Waals surface area contributed by atoms with E-state index < -0.39 is 49.7 Å². The zero-order valence-corrected chi connectivity index (χ0v) is 43.7. The van der Waals surface area contributed by atoms with E-state index in [0.29, 0.717) is 18.4 Å². The summed E-state index contributed by atoms with van der Waals surface area (Å²) < 4.78 is 70.1. The molecule has 1 unspecified atom stereocenters. The number of rotatable bonds is 37. The third-order valence-corrected chi connectivity index (χ3v) is 13.7. The standard InChI is InChI=1S/C55H75BrClO11P/c1-2-3-4-5-6-7-8-9-10-11-12-13-26-35-51(58)67-49(43-66-69(57,59)65-37-36-56)42-64-55-54(63-41-48-33-24-17-25-34-48)53(62-40-47-31-22-16-23-32-47)52(61-39-46-29-20-15-21-30-46)50(68-55)44-60-38-45-27-18-14-19-28-45/h14-25,27-34,49-50,52-55H,2-13,26,35-44H2,1H3/t49-,50-,52-,53+,54-,55-,69?/m1/s1. The van der Waals surface area contributed by atoms with E-state index in [0.717, 1.165) is 41.5 Å². The first kappa shape index (κ1) is 56.9. The number of unbranched alkanes of at least 4 members (excludes halogenated alkanes) is 12. The van der Waals surface area contributed by atoms with Gasteiger partial charge >= 0.3 is 12.9 Å². The lowest BCUT2D eigenvalue weighted by atomic mass is 9.97. The van der Waals surface area contributed by atoms with E-state index in [-0.39, 0.29) is 52.7 Å². The lowest BCUT2D eigenvalue weighted by molar-refractivity contribution is -0.331. The molecule has 5 rings (SSSR count). The largest absolute Gasteiger partial charge is 0.457 e. The summed E-state index contributed by atoms with van der Waals surface area (Å²) in [4.78, 5) is 13.4. The maximum absolute atomic E-state index is 13.4.